The Bertz CT molecular complexity index is 733. The number of anilines is 1. The first-order valence-corrected chi connectivity index (χ1v) is 6.51. The molecule has 2 aromatic carbocycles. The number of furan rings is 1. The summed E-state index contributed by atoms with van der Waals surface area (Å²) in [7, 11) is 0. The summed E-state index contributed by atoms with van der Waals surface area (Å²) in [5.74, 6) is 1.04. The van der Waals surface area contributed by atoms with E-state index in [1.807, 2.05) is 42.5 Å². The van der Waals surface area contributed by atoms with Gasteiger partial charge in [-0.2, -0.15) is 5.10 Å². The van der Waals surface area contributed by atoms with Crippen molar-refractivity contribution in [3.63, 3.8) is 0 Å². The van der Waals surface area contributed by atoms with Crippen LogP contribution in [0.2, 0.25) is 0 Å². The van der Waals surface area contributed by atoms with Crippen LogP contribution in [0.25, 0.3) is 11.3 Å². The summed E-state index contributed by atoms with van der Waals surface area (Å²) < 4.78 is 18.5. The Morgan fingerprint density at radius 2 is 1.67 bits per heavy atom. The number of nitrogens with zero attached hydrogens (tertiary/aromatic N) is 1. The average Bonchev–Trinajstić information content (AvgIpc) is 2.98. The summed E-state index contributed by atoms with van der Waals surface area (Å²) in [5.41, 5.74) is 4.64. The van der Waals surface area contributed by atoms with Gasteiger partial charge in [0.2, 0.25) is 0 Å². The van der Waals surface area contributed by atoms with Crippen molar-refractivity contribution in [3.05, 3.63) is 78.3 Å². The number of nitrogens with one attached hydrogen (secondary N) is 1. The van der Waals surface area contributed by atoms with Gasteiger partial charge in [-0.15, -0.1) is 0 Å². The predicted molar refractivity (Wildman–Crippen MR) is 81.8 cm³/mol. The fourth-order valence-corrected chi connectivity index (χ4v) is 1.87. The molecule has 0 saturated carbocycles. The maximum Gasteiger partial charge on any atom is 0.147 e. The monoisotopic (exact) mass is 280 g/mol. The third-order valence-electron chi connectivity index (χ3n) is 2.91. The Hall–Kier alpha value is -2.88. The largest absolute Gasteiger partial charge is 0.455 e. The Morgan fingerprint density at radius 1 is 0.905 bits per heavy atom. The van der Waals surface area contributed by atoms with Gasteiger partial charge in [-0.1, -0.05) is 18.2 Å². The molecule has 1 heterocycles. The Morgan fingerprint density at radius 3 is 2.43 bits per heavy atom. The van der Waals surface area contributed by atoms with E-state index in [2.05, 4.69) is 10.5 Å². The van der Waals surface area contributed by atoms with E-state index in [4.69, 9.17) is 4.42 Å². The third kappa shape index (κ3) is 3.36. The van der Waals surface area contributed by atoms with E-state index in [1.165, 1.54) is 12.1 Å². The van der Waals surface area contributed by atoms with Gasteiger partial charge in [-0.25, -0.2) is 4.39 Å². The van der Waals surface area contributed by atoms with Gasteiger partial charge in [-0.3, -0.25) is 5.43 Å². The predicted octanol–water partition coefficient (Wildman–Crippen LogP) is 4.53. The van der Waals surface area contributed by atoms with Crippen LogP contribution in [0.15, 0.2) is 76.2 Å². The van der Waals surface area contributed by atoms with Gasteiger partial charge in [0, 0.05) is 5.56 Å². The van der Waals surface area contributed by atoms with Crippen LogP contribution in [0, 0.1) is 5.82 Å². The fourth-order valence-electron chi connectivity index (χ4n) is 1.87. The minimum absolute atomic E-state index is 0.265. The summed E-state index contributed by atoms with van der Waals surface area (Å²) in [4.78, 5) is 0. The molecule has 0 atom stereocenters. The van der Waals surface area contributed by atoms with Crippen LogP contribution in [0.3, 0.4) is 0 Å². The van der Waals surface area contributed by atoms with E-state index in [0.29, 0.717) is 11.5 Å². The second kappa shape index (κ2) is 6.05. The molecule has 21 heavy (non-hydrogen) atoms. The number of halogens is 1. The van der Waals surface area contributed by atoms with Gasteiger partial charge in [0.1, 0.15) is 17.3 Å². The van der Waals surface area contributed by atoms with Crippen molar-refractivity contribution in [1.82, 2.24) is 0 Å². The molecule has 3 aromatic rings. The minimum atomic E-state index is -0.265. The van der Waals surface area contributed by atoms with E-state index >= 15 is 0 Å². The normalized spacial score (nSPS) is 10.9. The zero-order valence-corrected chi connectivity index (χ0v) is 11.2. The number of hydrazone groups is 1. The Kier molecular flexibility index (Phi) is 3.78. The summed E-state index contributed by atoms with van der Waals surface area (Å²) in [6.45, 7) is 0. The van der Waals surface area contributed by atoms with Crippen molar-refractivity contribution in [2.24, 2.45) is 5.10 Å². The van der Waals surface area contributed by atoms with Crippen LogP contribution in [-0.2, 0) is 0 Å². The maximum atomic E-state index is 12.9. The van der Waals surface area contributed by atoms with E-state index in [0.717, 1.165) is 11.3 Å². The van der Waals surface area contributed by atoms with Crippen LogP contribution < -0.4 is 5.43 Å². The summed E-state index contributed by atoms with van der Waals surface area (Å²) in [6.07, 6.45) is 1.60. The highest BCUT2D eigenvalue weighted by molar-refractivity contribution is 5.78. The second-order valence-electron chi connectivity index (χ2n) is 4.44. The molecule has 0 bridgehead atoms. The lowest BCUT2D eigenvalue weighted by Crippen LogP contribution is -1.88. The van der Waals surface area contributed by atoms with Crippen LogP contribution >= 0.6 is 0 Å². The first kappa shape index (κ1) is 13.1. The molecule has 3 rings (SSSR count). The summed E-state index contributed by atoms with van der Waals surface area (Å²) in [6, 6.07) is 19.4. The number of hydrogen-bond donors (Lipinski definition) is 1. The molecule has 4 heteroatoms. The third-order valence-corrected chi connectivity index (χ3v) is 2.91. The molecular weight excluding hydrogens is 267 g/mol. The van der Waals surface area contributed by atoms with Crippen LogP contribution in [-0.4, -0.2) is 6.21 Å². The van der Waals surface area contributed by atoms with Crippen molar-refractivity contribution in [1.29, 1.82) is 0 Å². The first-order valence-electron chi connectivity index (χ1n) is 6.51. The lowest BCUT2D eigenvalue weighted by molar-refractivity contribution is 0.574. The lowest BCUT2D eigenvalue weighted by Gasteiger charge is -1.97. The lowest BCUT2D eigenvalue weighted by atomic mass is 10.2. The van der Waals surface area contributed by atoms with Crippen LogP contribution in [0.5, 0.6) is 0 Å². The zero-order chi connectivity index (χ0) is 14.5. The second-order valence-corrected chi connectivity index (χ2v) is 4.44. The van der Waals surface area contributed by atoms with Gasteiger partial charge in [0.25, 0.3) is 0 Å². The summed E-state index contributed by atoms with van der Waals surface area (Å²) >= 11 is 0. The molecule has 3 nitrogen and oxygen atoms in total. The van der Waals surface area contributed by atoms with Crippen LogP contribution in [0.4, 0.5) is 10.1 Å². The van der Waals surface area contributed by atoms with E-state index in [1.54, 1.807) is 18.3 Å². The Labute approximate surface area is 121 Å². The van der Waals surface area contributed by atoms with Gasteiger partial charge in [-0.05, 0) is 48.5 Å². The number of rotatable bonds is 4. The van der Waals surface area contributed by atoms with Crippen molar-refractivity contribution in [3.8, 4) is 11.3 Å². The molecular formula is C17H13FN2O. The fraction of sp³-hybridized carbons (Fsp3) is 0. The van der Waals surface area contributed by atoms with Crippen molar-refractivity contribution >= 4 is 11.9 Å². The van der Waals surface area contributed by atoms with Gasteiger partial charge in [0.15, 0.2) is 0 Å². The highest BCUT2D eigenvalue weighted by Crippen LogP contribution is 2.21. The molecule has 0 aliphatic heterocycles. The standard InChI is InChI=1S/C17H13FN2O/c18-14-8-6-13(7-9-14)17-11-10-16(21-17)12-19-20-15-4-2-1-3-5-15/h1-12,20H/b19-12+. The zero-order valence-electron chi connectivity index (χ0n) is 11.2. The quantitative estimate of drug-likeness (QED) is 0.563. The molecule has 0 amide bonds. The SMILES string of the molecule is Fc1ccc(-c2ccc(/C=N/Nc3ccccc3)o2)cc1. The molecule has 0 saturated heterocycles. The molecule has 0 radical (unpaired) electrons. The van der Waals surface area contributed by atoms with Crippen molar-refractivity contribution in [2.75, 3.05) is 5.43 Å². The van der Waals surface area contributed by atoms with E-state index in [9.17, 15) is 4.39 Å². The van der Waals surface area contributed by atoms with Crippen LogP contribution in [0.1, 0.15) is 5.76 Å². The van der Waals surface area contributed by atoms with Crippen molar-refractivity contribution < 1.29 is 8.81 Å². The van der Waals surface area contributed by atoms with Crippen molar-refractivity contribution in [2.45, 2.75) is 0 Å². The van der Waals surface area contributed by atoms with Gasteiger partial charge in [0.05, 0.1) is 11.9 Å². The first-order chi connectivity index (χ1) is 10.3. The molecule has 0 fully saturated rings. The highest BCUT2D eigenvalue weighted by atomic mass is 19.1. The minimum Gasteiger partial charge on any atom is -0.455 e. The molecule has 1 N–H and O–H groups in total. The molecule has 0 unspecified atom stereocenters. The van der Waals surface area contributed by atoms with Gasteiger partial charge >= 0.3 is 0 Å². The Balaban J connectivity index is 1.69. The molecule has 0 aliphatic carbocycles. The smallest absolute Gasteiger partial charge is 0.147 e. The van der Waals surface area contributed by atoms with E-state index in [-0.39, 0.29) is 5.82 Å². The molecule has 104 valence electrons. The maximum absolute atomic E-state index is 12.9. The average molecular weight is 280 g/mol. The number of para-hydroxylation sites is 1. The molecule has 0 spiro atoms. The van der Waals surface area contributed by atoms with Gasteiger partial charge < -0.3 is 4.42 Å². The molecule has 1 aromatic heterocycles. The highest BCUT2D eigenvalue weighted by Gasteiger charge is 2.03. The molecule has 0 aliphatic rings. The number of hydrogen-bond acceptors (Lipinski definition) is 3. The topological polar surface area (TPSA) is 37.5 Å². The number of benzene rings is 2. The summed E-state index contributed by atoms with van der Waals surface area (Å²) in [5, 5.41) is 4.10. The van der Waals surface area contributed by atoms with E-state index < -0.39 is 0 Å².